The topological polar surface area (TPSA) is 52.3 Å². The number of methoxy groups -OCH3 is 1. The van der Waals surface area contributed by atoms with Gasteiger partial charge in [0.05, 0.1) is 7.11 Å². The van der Waals surface area contributed by atoms with Gasteiger partial charge < -0.3 is 9.15 Å². The van der Waals surface area contributed by atoms with E-state index >= 15 is 0 Å². The van der Waals surface area contributed by atoms with Crippen LogP contribution in [0.4, 0.5) is 4.39 Å². The Kier molecular flexibility index (Phi) is 2.68. The van der Waals surface area contributed by atoms with Gasteiger partial charge in [-0.2, -0.15) is 0 Å². The van der Waals surface area contributed by atoms with Crippen LogP contribution in [0.15, 0.2) is 34.9 Å². The van der Waals surface area contributed by atoms with Crippen molar-refractivity contribution < 1.29 is 18.3 Å². The Hall–Kier alpha value is -2.17. The second-order valence-corrected chi connectivity index (χ2v) is 3.04. The summed E-state index contributed by atoms with van der Waals surface area (Å²) in [5, 5.41) is 0. The van der Waals surface area contributed by atoms with Gasteiger partial charge in [-0.05, 0) is 24.3 Å². The first kappa shape index (κ1) is 10.4. The molecule has 1 heterocycles. The largest absolute Gasteiger partial charge is 0.464 e. The first-order chi connectivity index (χ1) is 7.70. The number of benzene rings is 1. The van der Waals surface area contributed by atoms with Gasteiger partial charge in [-0.1, -0.05) is 0 Å². The summed E-state index contributed by atoms with van der Waals surface area (Å²) in [5.74, 6) is -0.666. The molecule has 0 atom stereocenters. The lowest BCUT2D eigenvalue weighted by atomic mass is 10.2. The number of rotatable bonds is 2. The molecule has 0 amide bonds. The zero-order chi connectivity index (χ0) is 11.5. The predicted molar refractivity (Wildman–Crippen MR) is 53.2 cm³/mol. The Morgan fingerprint density at radius 3 is 2.69 bits per heavy atom. The fraction of sp³-hybridized carbons (Fsp3) is 0.0909. The summed E-state index contributed by atoms with van der Waals surface area (Å²) in [4.78, 5) is 15.0. The van der Waals surface area contributed by atoms with E-state index in [1.165, 1.54) is 37.6 Å². The maximum absolute atomic E-state index is 12.7. The van der Waals surface area contributed by atoms with Crippen LogP contribution >= 0.6 is 0 Å². The minimum atomic E-state index is -0.572. The second-order valence-electron chi connectivity index (χ2n) is 3.04. The van der Waals surface area contributed by atoms with E-state index in [0.29, 0.717) is 5.56 Å². The fourth-order valence-electron chi connectivity index (χ4n) is 1.20. The Balaban J connectivity index is 2.31. The summed E-state index contributed by atoms with van der Waals surface area (Å²) in [7, 11) is 1.26. The monoisotopic (exact) mass is 221 g/mol. The van der Waals surface area contributed by atoms with Crippen molar-refractivity contribution in [1.29, 1.82) is 0 Å². The molecule has 2 rings (SSSR count). The minimum absolute atomic E-state index is 0.0850. The molecule has 0 aliphatic carbocycles. The summed E-state index contributed by atoms with van der Waals surface area (Å²) >= 11 is 0. The second kappa shape index (κ2) is 4.14. The van der Waals surface area contributed by atoms with Crippen molar-refractivity contribution in [3.63, 3.8) is 0 Å². The molecular formula is C11H8FNO3. The van der Waals surface area contributed by atoms with E-state index in [-0.39, 0.29) is 17.4 Å². The molecule has 5 heteroatoms. The zero-order valence-electron chi connectivity index (χ0n) is 8.44. The zero-order valence-corrected chi connectivity index (χ0v) is 8.44. The number of oxazole rings is 1. The average molecular weight is 221 g/mol. The summed E-state index contributed by atoms with van der Waals surface area (Å²) in [6, 6.07) is 5.61. The maximum Gasteiger partial charge on any atom is 0.360 e. The van der Waals surface area contributed by atoms with Crippen molar-refractivity contribution in [2.24, 2.45) is 0 Å². The summed E-state index contributed by atoms with van der Waals surface area (Å²) < 4.78 is 22.2. The van der Waals surface area contributed by atoms with Gasteiger partial charge in [0.15, 0.2) is 5.69 Å². The lowest BCUT2D eigenvalue weighted by Crippen LogP contribution is -2.00. The molecule has 16 heavy (non-hydrogen) atoms. The first-order valence-corrected chi connectivity index (χ1v) is 4.50. The molecule has 2 aromatic rings. The van der Waals surface area contributed by atoms with Gasteiger partial charge in [0.25, 0.3) is 0 Å². The van der Waals surface area contributed by atoms with Crippen molar-refractivity contribution in [2.75, 3.05) is 7.11 Å². The standard InChI is InChI=1S/C11H8FNO3/c1-15-11(14)9-6-16-10(13-9)7-2-4-8(12)5-3-7/h2-6H,1H3. The van der Waals surface area contributed by atoms with Crippen LogP contribution in [-0.4, -0.2) is 18.1 Å². The highest BCUT2D eigenvalue weighted by atomic mass is 19.1. The molecular weight excluding hydrogens is 213 g/mol. The number of hydrogen-bond acceptors (Lipinski definition) is 4. The highest BCUT2D eigenvalue weighted by Gasteiger charge is 2.13. The van der Waals surface area contributed by atoms with Crippen LogP contribution in [-0.2, 0) is 4.74 Å². The van der Waals surface area contributed by atoms with Gasteiger partial charge in [-0.25, -0.2) is 14.2 Å². The number of hydrogen-bond donors (Lipinski definition) is 0. The number of carbonyl (C=O) groups excluding carboxylic acids is 1. The van der Waals surface area contributed by atoms with E-state index in [0.717, 1.165) is 0 Å². The molecule has 1 aromatic carbocycles. The van der Waals surface area contributed by atoms with Crippen LogP contribution in [0, 0.1) is 5.82 Å². The van der Waals surface area contributed by atoms with Crippen LogP contribution in [0.25, 0.3) is 11.5 Å². The van der Waals surface area contributed by atoms with Crippen molar-refractivity contribution >= 4 is 5.97 Å². The SMILES string of the molecule is COC(=O)c1coc(-c2ccc(F)cc2)n1. The summed E-state index contributed by atoms with van der Waals surface area (Å²) in [6.45, 7) is 0. The smallest absolute Gasteiger partial charge is 0.360 e. The lowest BCUT2D eigenvalue weighted by molar-refractivity contribution is 0.0594. The molecule has 0 aliphatic heterocycles. The van der Waals surface area contributed by atoms with Gasteiger partial charge in [-0.3, -0.25) is 0 Å². The molecule has 0 fully saturated rings. The Labute approximate surface area is 90.7 Å². The van der Waals surface area contributed by atoms with Crippen LogP contribution in [0.3, 0.4) is 0 Å². The first-order valence-electron chi connectivity index (χ1n) is 4.50. The van der Waals surface area contributed by atoms with E-state index < -0.39 is 5.97 Å². The van der Waals surface area contributed by atoms with Crippen LogP contribution in [0.2, 0.25) is 0 Å². The number of halogens is 1. The van der Waals surface area contributed by atoms with Gasteiger partial charge in [0.2, 0.25) is 5.89 Å². The molecule has 0 saturated carbocycles. The molecule has 4 nitrogen and oxygen atoms in total. The predicted octanol–water partition coefficient (Wildman–Crippen LogP) is 2.27. The third-order valence-corrected chi connectivity index (χ3v) is 1.99. The molecule has 0 unspecified atom stereocenters. The van der Waals surface area contributed by atoms with Crippen molar-refractivity contribution in [1.82, 2.24) is 4.98 Å². The van der Waals surface area contributed by atoms with Crippen LogP contribution in [0.1, 0.15) is 10.5 Å². The average Bonchev–Trinajstić information content (AvgIpc) is 2.78. The third-order valence-electron chi connectivity index (χ3n) is 1.99. The molecule has 1 aromatic heterocycles. The molecule has 0 bridgehead atoms. The normalized spacial score (nSPS) is 10.1. The van der Waals surface area contributed by atoms with Crippen LogP contribution < -0.4 is 0 Å². The van der Waals surface area contributed by atoms with Crippen molar-refractivity contribution in [2.45, 2.75) is 0 Å². The number of nitrogens with zero attached hydrogens (tertiary/aromatic N) is 1. The quantitative estimate of drug-likeness (QED) is 0.730. The Bertz CT molecular complexity index is 504. The molecule has 0 saturated heterocycles. The number of esters is 1. The highest BCUT2D eigenvalue weighted by Crippen LogP contribution is 2.19. The highest BCUT2D eigenvalue weighted by molar-refractivity contribution is 5.87. The third kappa shape index (κ3) is 1.93. The van der Waals surface area contributed by atoms with Gasteiger partial charge in [0.1, 0.15) is 12.1 Å². The Morgan fingerprint density at radius 1 is 1.38 bits per heavy atom. The molecule has 0 aliphatic rings. The van der Waals surface area contributed by atoms with E-state index in [4.69, 9.17) is 4.42 Å². The van der Waals surface area contributed by atoms with Gasteiger partial charge >= 0.3 is 5.97 Å². The van der Waals surface area contributed by atoms with Gasteiger partial charge in [0, 0.05) is 5.56 Å². The molecule has 82 valence electrons. The van der Waals surface area contributed by atoms with E-state index in [1.54, 1.807) is 0 Å². The molecule has 0 spiro atoms. The van der Waals surface area contributed by atoms with E-state index in [9.17, 15) is 9.18 Å². The number of ether oxygens (including phenoxy) is 1. The lowest BCUT2D eigenvalue weighted by Gasteiger charge is -1.94. The summed E-state index contributed by atoms with van der Waals surface area (Å²) in [5.41, 5.74) is 0.679. The minimum Gasteiger partial charge on any atom is -0.464 e. The fourth-order valence-corrected chi connectivity index (χ4v) is 1.20. The van der Waals surface area contributed by atoms with E-state index in [1.807, 2.05) is 0 Å². The molecule has 0 N–H and O–H groups in total. The molecule has 0 radical (unpaired) electrons. The van der Waals surface area contributed by atoms with Crippen molar-refractivity contribution in [3.8, 4) is 11.5 Å². The van der Waals surface area contributed by atoms with Crippen LogP contribution in [0.5, 0.6) is 0 Å². The maximum atomic E-state index is 12.7. The number of carbonyl (C=O) groups is 1. The van der Waals surface area contributed by atoms with E-state index in [2.05, 4.69) is 9.72 Å². The number of aromatic nitrogens is 1. The van der Waals surface area contributed by atoms with Gasteiger partial charge in [-0.15, -0.1) is 0 Å². The van der Waals surface area contributed by atoms with Crippen molar-refractivity contribution in [3.05, 3.63) is 42.0 Å². The summed E-state index contributed by atoms with van der Waals surface area (Å²) in [6.07, 6.45) is 1.20. The Morgan fingerprint density at radius 2 is 2.06 bits per heavy atom.